The van der Waals surface area contributed by atoms with E-state index in [1.54, 1.807) is 0 Å². The van der Waals surface area contributed by atoms with Gasteiger partial charge in [-0.3, -0.25) is 0 Å². The van der Waals surface area contributed by atoms with Crippen LogP contribution in [0.25, 0.3) is 0 Å². The van der Waals surface area contributed by atoms with E-state index < -0.39 is 99.6 Å². The highest BCUT2D eigenvalue weighted by Gasteiger charge is 2.90. The van der Waals surface area contributed by atoms with E-state index in [0.717, 1.165) is 150 Å². The Kier molecular flexibility index (Phi) is 57.9. The van der Waals surface area contributed by atoms with E-state index in [2.05, 4.69) is 191 Å². The summed E-state index contributed by atoms with van der Waals surface area (Å²) in [6.45, 7) is 40.8. The number of aryl methyl sites for hydroxylation is 4. The number of halogens is 13. The normalized spacial score (nSPS) is 18.1. The van der Waals surface area contributed by atoms with Crippen LogP contribution in [0.3, 0.4) is 0 Å². The van der Waals surface area contributed by atoms with Crippen molar-refractivity contribution in [3.05, 3.63) is 144 Å². The van der Waals surface area contributed by atoms with E-state index in [4.69, 9.17) is 50.2 Å². The summed E-state index contributed by atoms with van der Waals surface area (Å²) in [6, 6.07) is 32.7. The van der Waals surface area contributed by atoms with Crippen LogP contribution in [0.1, 0.15) is 326 Å². The molecule has 4 aromatic carbocycles. The second kappa shape index (κ2) is 65.7. The lowest BCUT2D eigenvalue weighted by molar-refractivity contribution is -0.439. The van der Waals surface area contributed by atoms with Crippen LogP contribution >= 0.6 is 0 Å². The van der Waals surface area contributed by atoms with Crippen LogP contribution in [0.4, 0.5) is 57.1 Å². The minimum absolute atomic E-state index is 0.146. The van der Waals surface area contributed by atoms with Crippen LogP contribution in [0, 0.1) is 0 Å². The first-order valence-corrected chi connectivity index (χ1v) is 75.8. The summed E-state index contributed by atoms with van der Waals surface area (Å²) in [4.78, 5) is 0. The van der Waals surface area contributed by atoms with Gasteiger partial charge in [0.15, 0.2) is 33.3 Å². The second-order valence-electron chi connectivity index (χ2n) is 45.4. The Hall–Kier alpha value is -4.11. The summed E-state index contributed by atoms with van der Waals surface area (Å²) in [7, 11) is -13.1. The molecule has 0 amide bonds. The Bertz CT molecular complexity index is 4110. The molecular weight excluding hydrogens is 2000 g/mol. The lowest BCUT2D eigenvalue weighted by Gasteiger charge is -2.44. The molecule has 0 bridgehead atoms. The zero-order valence-corrected chi connectivity index (χ0v) is 100. The molecule has 4 aliphatic rings. The van der Waals surface area contributed by atoms with Crippen molar-refractivity contribution in [1.82, 2.24) is 0 Å². The minimum Gasteiger partial charge on any atom is -0.491 e. The average molecular weight is 2190 g/mol. The number of alkyl halides is 13. The van der Waals surface area contributed by atoms with Crippen LogP contribution in [0.15, 0.2) is 121 Å². The summed E-state index contributed by atoms with van der Waals surface area (Å²) in [5.74, 6) is -33.0. The summed E-state index contributed by atoms with van der Waals surface area (Å²) in [5.41, 5.74) is 7.68. The molecule has 0 aliphatic carbocycles. The minimum atomic E-state index is -7.88. The molecule has 4 aliphatic heterocycles. The second-order valence-corrected chi connectivity index (χ2v) is 71.2. The monoisotopic (exact) mass is 2190 g/mol. The SMILES string of the molecule is CCCC(CC/C=C/CCCCCCCc1cccc(OCC2CO2)c1)[Si](C)(C)O[Si](C)(C)O[Si](C)(C)C(CCC)CC/C=C/CCCCCCCc1cccc(OCC2CO2)c1.CCCC(CCC(CCCCCCCCc1cccc(OCC2CO2)c1)[SiH2]C)[Si](C)(C)O[Si](C)(C)C(CCC)CCC(CCCCCCCCc1cccc(OCC2CO2)c1)[SiH2]CCC(F)(F)C(F)(F)C(F)(F)C(F)(F)C(F)(F)C(F)(F)F. The van der Waals surface area contributed by atoms with E-state index in [1.165, 1.54) is 190 Å². The third kappa shape index (κ3) is 48.5. The van der Waals surface area contributed by atoms with E-state index >= 15 is 8.78 Å². The van der Waals surface area contributed by atoms with Gasteiger partial charge >= 0.3 is 44.3 Å². The highest BCUT2D eigenvalue weighted by atomic mass is 28.5. The van der Waals surface area contributed by atoms with Gasteiger partial charge in [-0.05, 0) is 261 Å². The molecule has 4 fully saturated rings. The molecule has 4 heterocycles. The van der Waals surface area contributed by atoms with E-state index in [-0.39, 0.29) is 32.8 Å². The maximum atomic E-state index is 15.1. The Morgan fingerprint density at radius 1 is 0.315 bits per heavy atom. The summed E-state index contributed by atoms with van der Waals surface area (Å²) < 4.78 is 249. The molecule has 146 heavy (non-hydrogen) atoms. The van der Waals surface area contributed by atoms with Gasteiger partial charge in [0, 0.05) is 25.5 Å². The van der Waals surface area contributed by atoms with Crippen molar-refractivity contribution in [1.29, 1.82) is 0 Å². The molecule has 8 rings (SSSR count). The van der Waals surface area contributed by atoms with Gasteiger partial charge in [-0.15, -0.1) is 0 Å². The number of epoxide rings is 4. The van der Waals surface area contributed by atoms with Gasteiger partial charge in [0.2, 0.25) is 0 Å². The molecule has 10 atom stereocenters. The number of unbranched alkanes of at least 4 members (excludes halogenated alkanes) is 20. The van der Waals surface area contributed by atoms with Crippen molar-refractivity contribution < 1.29 is 107 Å². The molecule has 0 saturated carbocycles. The van der Waals surface area contributed by atoms with Gasteiger partial charge in [-0.25, -0.2) is 0 Å². The van der Waals surface area contributed by atoms with Gasteiger partial charge in [0.1, 0.15) is 73.8 Å². The first-order valence-electron chi connectivity index (χ1n) is 57.0. The maximum absolute atomic E-state index is 15.1. The fourth-order valence-electron chi connectivity index (χ4n) is 21.3. The van der Waals surface area contributed by atoms with Crippen molar-refractivity contribution in [3.63, 3.8) is 0 Å². The van der Waals surface area contributed by atoms with E-state index in [1.807, 2.05) is 30.3 Å². The molecule has 4 saturated heterocycles. The molecule has 836 valence electrons. The molecule has 4 aromatic rings. The van der Waals surface area contributed by atoms with Gasteiger partial charge in [0.05, 0.1) is 26.4 Å². The number of ether oxygens (including phenoxy) is 8. The first-order chi connectivity index (χ1) is 69.3. The number of allylic oxidation sites excluding steroid dienone is 4. The van der Waals surface area contributed by atoms with Crippen LogP contribution in [0.5, 0.6) is 23.0 Å². The number of benzene rings is 4. The van der Waals surface area contributed by atoms with E-state index in [9.17, 15) is 48.3 Å². The molecular formula is C115H191F13O11Si7. The van der Waals surface area contributed by atoms with Crippen molar-refractivity contribution in [2.24, 2.45) is 0 Å². The highest BCUT2D eigenvalue weighted by Crippen LogP contribution is 2.61. The fourth-order valence-corrected chi connectivity index (χ4v) is 51.1. The topological polar surface area (TPSA) is 115 Å². The van der Waals surface area contributed by atoms with Crippen LogP contribution in [-0.4, -0.2) is 174 Å². The van der Waals surface area contributed by atoms with Gasteiger partial charge < -0.3 is 50.2 Å². The molecule has 11 nitrogen and oxygen atoms in total. The quantitative estimate of drug-likeness (QED) is 0.0138. The molecule has 0 aromatic heterocycles. The van der Waals surface area contributed by atoms with Crippen LogP contribution < -0.4 is 18.9 Å². The van der Waals surface area contributed by atoms with E-state index in [0.29, 0.717) is 87.5 Å². The largest absolute Gasteiger partial charge is 0.491 e. The lowest BCUT2D eigenvalue weighted by Crippen LogP contribution is -2.70. The van der Waals surface area contributed by atoms with Crippen LogP contribution in [-0.2, 0) is 57.0 Å². The zero-order valence-electron chi connectivity index (χ0n) is 92.2. The molecule has 0 spiro atoms. The lowest BCUT2D eigenvalue weighted by atomic mass is 9.93. The number of hydrogen-bond donors (Lipinski definition) is 0. The van der Waals surface area contributed by atoms with Gasteiger partial charge in [-0.2, -0.15) is 57.1 Å². The van der Waals surface area contributed by atoms with Crippen molar-refractivity contribution >= 4 is 60.9 Å². The Balaban J connectivity index is 0.000000410. The predicted molar refractivity (Wildman–Crippen MR) is 593 cm³/mol. The smallest absolute Gasteiger partial charge is 0.460 e. The fraction of sp³-hybridized carbons (Fsp3) is 0.757. The summed E-state index contributed by atoms with van der Waals surface area (Å²) in [6.07, 6.45) is 52.2. The summed E-state index contributed by atoms with van der Waals surface area (Å²) >= 11 is 0. The Morgan fingerprint density at radius 2 is 0.589 bits per heavy atom. The van der Waals surface area contributed by atoms with Gasteiger partial charge in [0.25, 0.3) is 0 Å². The van der Waals surface area contributed by atoms with Crippen molar-refractivity contribution in [2.45, 2.75) is 501 Å². The van der Waals surface area contributed by atoms with Crippen molar-refractivity contribution in [3.8, 4) is 23.0 Å². The summed E-state index contributed by atoms with van der Waals surface area (Å²) in [5, 5.41) is 0. The third-order valence-electron chi connectivity index (χ3n) is 30.5. The standard InChI is InChI=1S/C61H99F13O5Si4.C54H92O6Si3/c1-8-24-54(36-34-52(80-3)32-20-16-12-10-14-18-26-46-28-22-30-48(40-46)75-42-50-44-77-50)82(4,5)79-83(6,7)55(25-9-2)37-35-53(33-21-17-13-11-15-19-27-47-29-23-31-49(41-47)76-43-51-45-78-51)81-39-38-56(62,63)57(64,65)58(66,67)59(68,69)60(70,71)61(72,73)74;1-9-31-53(39-27-23-19-15-11-13-17-21-25-33-47-35-29-37-49(41-47)55-43-51-45-57-51)61(3,4)59-63(7,8)60-62(5,6)54(32-10-2)40-28-24-20-16-12-14-18-22-26-34-48-36-30-38-50(42-48)56-44-52-46-58-52/h22-23,28-31,40-41,50-55H,8-21,24-27,32-39,42-45,80-81H2,1-7H3;19-20,23-24,29-30,35-38,41-42,51-54H,9-18,21-22,25-28,31-34,39-40,43-46H2,1-8H3/b;23-19+,24-20+. The highest BCUT2D eigenvalue weighted by molar-refractivity contribution is 6.89. The Labute approximate surface area is 883 Å². The van der Waals surface area contributed by atoms with Crippen molar-refractivity contribution in [2.75, 3.05) is 52.9 Å². The molecule has 31 heteroatoms. The Morgan fingerprint density at radius 3 is 0.897 bits per heavy atom. The number of hydrogen-bond acceptors (Lipinski definition) is 11. The molecule has 0 N–H and O–H groups in total. The third-order valence-corrected chi connectivity index (χ3v) is 57.4. The predicted octanol–water partition coefficient (Wildman–Crippen LogP) is 35.2. The average Bonchev–Trinajstić information content (AvgIpc) is 1.56. The molecule has 0 radical (unpaired) electrons. The van der Waals surface area contributed by atoms with Crippen LogP contribution in [0.2, 0.25) is 111 Å². The first kappa shape index (κ1) is 129. The maximum Gasteiger partial charge on any atom is 0.460 e. The zero-order chi connectivity index (χ0) is 107. The van der Waals surface area contributed by atoms with Gasteiger partial charge in [-0.1, -0.05) is 317 Å². The number of rotatable bonds is 85. The molecule has 10 unspecified atom stereocenters.